The minimum Gasteiger partial charge on any atom is -0.381 e. The van der Waals surface area contributed by atoms with Gasteiger partial charge in [-0.3, -0.25) is 14.4 Å². The second-order valence-corrected chi connectivity index (χ2v) is 8.72. The maximum Gasteiger partial charge on any atom is 0.272 e. The van der Waals surface area contributed by atoms with E-state index in [4.69, 9.17) is 4.74 Å². The molecule has 0 saturated carbocycles. The van der Waals surface area contributed by atoms with Gasteiger partial charge in [0.1, 0.15) is 0 Å². The number of aromatic amines is 1. The van der Waals surface area contributed by atoms with E-state index in [1.54, 1.807) is 30.3 Å². The van der Waals surface area contributed by atoms with Crippen LogP contribution in [0.1, 0.15) is 40.1 Å². The number of carbonyl (C=O) groups is 2. The summed E-state index contributed by atoms with van der Waals surface area (Å²) in [7, 11) is 0. The molecule has 2 aromatic heterocycles. The van der Waals surface area contributed by atoms with Gasteiger partial charge in [-0.05, 0) is 55.0 Å². The first kappa shape index (κ1) is 21.2. The summed E-state index contributed by atoms with van der Waals surface area (Å²) in [5.74, 6) is -0.446. The third-order valence-corrected chi connectivity index (χ3v) is 6.65. The van der Waals surface area contributed by atoms with E-state index in [0.717, 1.165) is 19.3 Å². The van der Waals surface area contributed by atoms with Gasteiger partial charge in [0.25, 0.3) is 17.4 Å². The molecule has 33 heavy (non-hydrogen) atoms. The molecule has 0 bridgehead atoms. The summed E-state index contributed by atoms with van der Waals surface area (Å²) in [6.07, 6.45) is 5.59. The lowest BCUT2D eigenvalue weighted by atomic mass is 9.78. The van der Waals surface area contributed by atoms with E-state index in [-0.39, 0.29) is 34.5 Å². The molecule has 10 nitrogen and oxygen atoms in total. The molecule has 1 aromatic carbocycles. The molecule has 1 atom stereocenters. The Kier molecular flexibility index (Phi) is 5.59. The highest BCUT2D eigenvalue weighted by molar-refractivity contribution is 5.98. The molecule has 10 heteroatoms. The number of nitrogens with one attached hydrogen (secondary N) is 2. The highest BCUT2D eigenvalue weighted by Gasteiger charge is 2.46. The number of fused-ring (bicyclic) bond motifs is 1. The SMILES string of the molecule is O=C(NCC1CC2(CCOCC2)CN1C(=O)c1ccc2c(=O)[nH]ncc2c1)c1cccnn1. The summed E-state index contributed by atoms with van der Waals surface area (Å²) in [5.41, 5.74) is 0.412. The first-order valence-corrected chi connectivity index (χ1v) is 11.0. The predicted octanol–water partition coefficient (Wildman–Crippen LogP) is 1.15. The lowest BCUT2D eigenvalue weighted by molar-refractivity contribution is 0.0190. The van der Waals surface area contributed by atoms with Crippen molar-refractivity contribution in [3.63, 3.8) is 0 Å². The summed E-state index contributed by atoms with van der Waals surface area (Å²) >= 11 is 0. The van der Waals surface area contributed by atoms with Crippen molar-refractivity contribution in [1.82, 2.24) is 30.6 Å². The zero-order valence-electron chi connectivity index (χ0n) is 18.0. The van der Waals surface area contributed by atoms with Crippen LogP contribution in [0, 0.1) is 5.41 Å². The molecule has 4 heterocycles. The van der Waals surface area contributed by atoms with Gasteiger partial charge in [-0.2, -0.15) is 10.2 Å². The van der Waals surface area contributed by atoms with Gasteiger partial charge in [0.05, 0.1) is 11.6 Å². The van der Waals surface area contributed by atoms with Crippen LogP contribution in [0.5, 0.6) is 0 Å². The van der Waals surface area contributed by atoms with Crippen LogP contribution in [0.3, 0.4) is 0 Å². The number of rotatable bonds is 4. The first-order chi connectivity index (χ1) is 16.0. The third kappa shape index (κ3) is 4.21. The standard InChI is InChI=1S/C23H24N6O4/c30-20-18-4-3-15(10-16(18)12-26-28-20)22(32)29-14-23(5-8-33-9-6-23)11-17(29)13-24-21(31)19-2-1-7-25-27-19/h1-4,7,10,12,17H,5-6,8-9,11,13-14H2,(H,24,31)(H,28,30). The minimum atomic E-state index is -0.320. The van der Waals surface area contributed by atoms with Crippen LogP contribution in [0.4, 0.5) is 0 Å². The van der Waals surface area contributed by atoms with Crippen LogP contribution in [0.2, 0.25) is 0 Å². The van der Waals surface area contributed by atoms with E-state index in [0.29, 0.717) is 42.6 Å². The fourth-order valence-electron chi connectivity index (χ4n) is 4.87. The molecule has 2 fully saturated rings. The fourth-order valence-corrected chi connectivity index (χ4v) is 4.87. The summed E-state index contributed by atoms with van der Waals surface area (Å²) in [4.78, 5) is 39.9. The van der Waals surface area contributed by atoms with Crippen molar-refractivity contribution < 1.29 is 14.3 Å². The van der Waals surface area contributed by atoms with Gasteiger partial charge in [-0.15, -0.1) is 5.10 Å². The van der Waals surface area contributed by atoms with Crippen LogP contribution in [0.25, 0.3) is 10.8 Å². The Hall–Kier alpha value is -3.66. The molecule has 2 saturated heterocycles. The molecular formula is C23H24N6O4. The molecule has 170 valence electrons. The molecule has 0 radical (unpaired) electrons. The van der Waals surface area contributed by atoms with Gasteiger partial charge in [-0.1, -0.05) is 0 Å². The average molecular weight is 448 g/mol. The molecular weight excluding hydrogens is 424 g/mol. The smallest absolute Gasteiger partial charge is 0.272 e. The van der Waals surface area contributed by atoms with Crippen LogP contribution in [-0.4, -0.2) is 69.5 Å². The van der Waals surface area contributed by atoms with Crippen molar-refractivity contribution in [2.24, 2.45) is 5.41 Å². The molecule has 1 unspecified atom stereocenters. The van der Waals surface area contributed by atoms with Crippen molar-refractivity contribution in [3.8, 4) is 0 Å². The Balaban J connectivity index is 1.39. The van der Waals surface area contributed by atoms with Gasteiger partial charge in [0.15, 0.2) is 5.69 Å². The molecule has 0 aliphatic carbocycles. The van der Waals surface area contributed by atoms with Crippen molar-refractivity contribution in [3.05, 3.63) is 64.3 Å². The second kappa shape index (κ2) is 8.70. The number of carbonyl (C=O) groups excluding carboxylic acids is 2. The number of ether oxygens (including phenoxy) is 1. The van der Waals surface area contributed by atoms with Crippen LogP contribution in [-0.2, 0) is 4.74 Å². The van der Waals surface area contributed by atoms with E-state index in [1.807, 2.05) is 4.90 Å². The van der Waals surface area contributed by atoms with Crippen molar-refractivity contribution in [1.29, 1.82) is 0 Å². The zero-order chi connectivity index (χ0) is 22.8. The Morgan fingerprint density at radius 3 is 2.88 bits per heavy atom. The number of amides is 2. The van der Waals surface area contributed by atoms with Crippen molar-refractivity contribution in [2.45, 2.75) is 25.3 Å². The Bertz CT molecular complexity index is 1240. The lowest BCUT2D eigenvalue weighted by Crippen LogP contribution is -2.43. The highest BCUT2D eigenvalue weighted by Crippen LogP contribution is 2.43. The normalized spacial score (nSPS) is 19.6. The predicted molar refractivity (Wildman–Crippen MR) is 119 cm³/mol. The topological polar surface area (TPSA) is 130 Å². The molecule has 3 aromatic rings. The molecule has 2 aliphatic rings. The zero-order valence-corrected chi connectivity index (χ0v) is 18.0. The molecule has 5 rings (SSSR count). The number of benzene rings is 1. The number of nitrogens with zero attached hydrogens (tertiary/aromatic N) is 4. The van der Waals surface area contributed by atoms with E-state index >= 15 is 0 Å². The average Bonchev–Trinajstić information content (AvgIpc) is 3.20. The van der Waals surface area contributed by atoms with E-state index in [2.05, 4.69) is 25.7 Å². The van der Waals surface area contributed by atoms with Gasteiger partial charge >= 0.3 is 0 Å². The third-order valence-electron chi connectivity index (χ3n) is 6.65. The van der Waals surface area contributed by atoms with Crippen LogP contribution < -0.4 is 10.9 Å². The van der Waals surface area contributed by atoms with E-state index in [9.17, 15) is 14.4 Å². The summed E-state index contributed by atoms with van der Waals surface area (Å²) in [6, 6.07) is 8.11. The number of hydrogen-bond acceptors (Lipinski definition) is 7. The Labute approximate surface area is 189 Å². The van der Waals surface area contributed by atoms with Gasteiger partial charge in [0, 0.05) is 49.5 Å². The molecule has 2 amide bonds. The number of likely N-dealkylation sites (tertiary alicyclic amines) is 1. The largest absolute Gasteiger partial charge is 0.381 e. The fraction of sp³-hybridized carbons (Fsp3) is 0.391. The van der Waals surface area contributed by atoms with Crippen molar-refractivity contribution >= 4 is 22.6 Å². The summed E-state index contributed by atoms with van der Waals surface area (Å²) < 4.78 is 5.56. The molecule has 2 aliphatic heterocycles. The summed E-state index contributed by atoms with van der Waals surface area (Å²) in [6.45, 7) is 2.27. The maximum absolute atomic E-state index is 13.6. The second-order valence-electron chi connectivity index (χ2n) is 8.72. The lowest BCUT2D eigenvalue weighted by Gasteiger charge is -2.33. The van der Waals surface area contributed by atoms with Gasteiger partial charge in [-0.25, -0.2) is 5.10 Å². The monoisotopic (exact) mass is 448 g/mol. The van der Waals surface area contributed by atoms with Crippen LogP contribution >= 0.6 is 0 Å². The number of hydrogen-bond donors (Lipinski definition) is 2. The molecule has 1 spiro atoms. The Morgan fingerprint density at radius 2 is 2.09 bits per heavy atom. The quantitative estimate of drug-likeness (QED) is 0.612. The van der Waals surface area contributed by atoms with E-state index in [1.165, 1.54) is 12.4 Å². The molecule has 2 N–H and O–H groups in total. The summed E-state index contributed by atoms with van der Waals surface area (Å²) in [5, 5.41) is 17.8. The minimum absolute atomic E-state index is 0.0224. The Morgan fingerprint density at radius 1 is 1.24 bits per heavy atom. The van der Waals surface area contributed by atoms with Crippen molar-refractivity contribution in [2.75, 3.05) is 26.3 Å². The van der Waals surface area contributed by atoms with Gasteiger partial charge in [0.2, 0.25) is 0 Å². The highest BCUT2D eigenvalue weighted by atomic mass is 16.5. The number of aromatic nitrogens is 4. The first-order valence-electron chi connectivity index (χ1n) is 11.0. The van der Waals surface area contributed by atoms with Gasteiger partial charge < -0.3 is 15.0 Å². The number of H-pyrrole nitrogens is 1. The maximum atomic E-state index is 13.6. The van der Waals surface area contributed by atoms with E-state index < -0.39 is 0 Å². The van der Waals surface area contributed by atoms with Crippen LogP contribution in [0.15, 0.2) is 47.5 Å².